The number of nitrogens with zero attached hydrogens (tertiary/aromatic N) is 1. The zero-order chi connectivity index (χ0) is 17.9. The fraction of sp³-hybridized carbons (Fsp3) is 0.267. The molecule has 9 heteroatoms. The van der Waals surface area contributed by atoms with E-state index in [1.165, 1.54) is 35.9 Å². The number of sulfonamides is 1. The van der Waals surface area contributed by atoms with Crippen molar-refractivity contribution < 1.29 is 13.2 Å². The minimum Gasteiger partial charge on any atom is -0.496 e. The van der Waals surface area contributed by atoms with E-state index < -0.39 is 10.0 Å². The Kier molecular flexibility index (Phi) is 5.92. The van der Waals surface area contributed by atoms with Gasteiger partial charge in [0.25, 0.3) is 5.56 Å². The number of ether oxygens (including phenoxy) is 1. The van der Waals surface area contributed by atoms with Gasteiger partial charge in [0.15, 0.2) is 0 Å². The molecule has 0 aliphatic heterocycles. The van der Waals surface area contributed by atoms with Crippen LogP contribution < -0.4 is 15.0 Å². The van der Waals surface area contributed by atoms with Crippen molar-refractivity contribution in [2.75, 3.05) is 13.7 Å². The minimum absolute atomic E-state index is 0.0260. The van der Waals surface area contributed by atoms with Crippen LogP contribution in [-0.2, 0) is 16.6 Å². The first-order valence-electron chi connectivity index (χ1n) is 6.95. The highest BCUT2D eigenvalue weighted by molar-refractivity contribution is 7.89. The number of methoxy groups -OCH3 is 1. The van der Waals surface area contributed by atoms with Crippen molar-refractivity contribution in [3.8, 4) is 5.75 Å². The van der Waals surface area contributed by atoms with E-state index in [0.29, 0.717) is 11.4 Å². The van der Waals surface area contributed by atoms with Gasteiger partial charge in [0.2, 0.25) is 10.0 Å². The number of pyridine rings is 1. The van der Waals surface area contributed by atoms with Crippen molar-refractivity contribution in [3.63, 3.8) is 0 Å². The van der Waals surface area contributed by atoms with Crippen LogP contribution in [0.2, 0.25) is 10.0 Å². The smallest absolute Gasteiger partial charge is 0.254 e. The third kappa shape index (κ3) is 4.30. The summed E-state index contributed by atoms with van der Waals surface area (Å²) < 4.78 is 33.5. The van der Waals surface area contributed by atoms with E-state index in [2.05, 4.69) is 4.72 Å². The van der Waals surface area contributed by atoms with Crippen LogP contribution in [0.4, 0.5) is 0 Å². The van der Waals surface area contributed by atoms with Crippen LogP contribution in [0.25, 0.3) is 0 Å². The second-order valence-corrected chi connectivity index (χ2v) is 7.58. The molecule has 0 unspecified atom stereocenters. The average molecular weight is 391 g/mol. The molecule has 24 heavy (non-hydrogen) atoms. The summed E-state index contributed by atoms with van der Waals surface area (Å²) in [6.45, 7) is 1.94. The summed E-state index contributed by atoms with van der Waals surface area (Å²) >= 11 is 11.7. The molecule has 0 saturated heterocycles. The number of halogens is 2. The lowest BCUT2D eigenvalue weighted by molar-refractivity contribution is 0.411. The highest BCUT2D eigenvalue weighted by Crippen LogP contribution is 2.24. The van der Waals surface area contributed by atoms with Gasteiger partial charge in [-0.1, -0.05) is 23.2 Å². The topological polar surface area (TPSA) is 77.4 Å². The highest BCUT2D eigenvalue weighted by atomic mass is 35.5. The van der Waals surface area contributed by atoms with E-state index in [9.17, 15) is 13.2 Å². The Morgan fingerprint density at radius 3 is 2.54 bits per heavy atom. The fourth-order valence-corrected chi connectivity index (χ4v) is 3.94. The molecule has 2 aromatic rings. The molecule has 0 aliphatic carbocycles. The van der Waals surface area contributed by atoms with Gasteiger partial charge >= 0.3 is 0 Å². The van der Waals surface area contributed by atoms with Gasteiger partial charge in [0.05, 0.1) is 12.1 Å². The van der Waals surface area contributed by atoms with Gasteiger partial charge in [-0.3, -0.25) is 4.79 Å². The standard InChI is InChI=1S/C15H16Cl2N2O4S/c1-10-7-12(23-2)9-15(20)19(10)6-5-18-24(21,22)14-8-11(16)3-4-13(14)17/h3-4,7-9,18H,5-6H2,1-2H3. The van der Waals surface area contributed by atoms with Crippen molar-refractivity contribution in [2.45, 2.75) is 18.4 Å². The molecule has 0 fully saturated rings. The van der Waals surface area contributed by atoms with Crippen molar-refractivity contribution >= 4 is 33.2 Å². The summed E-state index contributed by atoms with van der Waals surface area (Å²) in [5, 5.41) is 0.340. The second-order valence-electron chi connectivity index (χ2n) is 5.00. The van der Waals surface area contributed by atoms with Crippen LogP contribution >= 0.6 is 23.2 Å². The number of hydrogen-bond donors (Lipinski definition) is 1. The molecule has 1 heterocycles. The van der Waals surface area contributed by atoms with E-state index in [1.54, 1.807) is 13.0 Å². The molecule has 0 radical (unpaired) electrons. The molecular formula is C15H16Cl2N2O4S. The van der Waals surface area contributed by atoms with Gasteiger partial charge in [0, 0.05) is 29.9 Å². The molecule has 0 amide bonds. The molecule has 0 bridgehead atoms. The van der Waals surface area contributed by atoms with E-state index in [1.807, 2.05) is 0 Å². The largest absolute Gasteiger partial charge is 0.496 e. The Morgan fingerprint density at radius 2 is 1.92 bits per heavy atom. The Hall–Kier alpha value is -1.54. The Labute approximate surface area is 150 Å². The highest BCUT2D eigenvalue weighted by Gasteiger charge is 2.18. The number of aromatic nitrogens is 1. The number of hydrogen-bond acceptors (Lipinski definition) is 4. The van der Waals surface area contributed by atoms with Crippen molar-refractivity contribution in [1.82, 2.24) is 9.29 Å². The predicted octanol–water partition coefficient (Wildman–Crippen LogP) is 2.45. The molecule has 1 aromatic heterocycles. The summed E-state index contributed by atoms with van der Waals surface area (Å²) in [4.78, 5) is 11.9. The van der Waals surface area contributed by atoms with Gasteiger partial charge in [-0.25, -0.2) is 13.1 Å². The monoisotopic (exact) mass is 390 g/mol. The van der Waals surface area contributed by atoms with E-state index in [-0.39, 0.29) is 33.6 Å². The molecule has 6 nitrogen and oxygen atoms in total. The van der Waals surface area contributed by atoms with Gasteiger partial charge in [-0.2, -0.15) is 0 Å². The Bertz CT molecular complexity index is 910. The van der Waals surface area contributed by atoms with Crippen LogP contribution in [0.15, 0.2) is 40.0 Å². The summed E-state index contributed by atoms with van der Waals surface area (Å²) in [5.74, 6) is 0.458. The average Bonchev–Trinajstić information content (AvgIpc) is 2.51. The number of benzene rings is 1. The van der Waals surface area contributed by atoms with Gasteiger partial charge in [-0.15, -0.1) is 0 Å². The minimum atomic E-state index is -3.83. The molecule has 1 aromatic carbocycles. The van der Waals surface area contributed by atoms with Crippen molar-refractivity contribution in [2.24, 2.45) is 0 Å². The zero-order valence-electron chi connectivity index (χ0n) is 13.0. The maximum Gasteiger partial charge on any atom is 0.254 e. The van der Waals surface area contributed by atoms with Crippen LogP contribution in [0.1, 0.15) is 5.69 Å². The molecule has 0 aliphatic rings. The Balaban J connectivity index is 2.14. The van der Waals surface area contributed by atoms with Gasteiger partial charge in [0.1, 0.15) is 10.6 Å². The lowest BCUT2D eigenvalue weighted by atomic mass is 10.3. The van der Waals surface area contributed by atoms with Crippen LogP contribution in [0.5, 0.6) is 5.75 Å². The Morgan fingerprint density at radius 1 is 1.21 bits per heavy atom. The molecule has 0 atom stereocenters. The third-order valence-electron chi connectivity index (χ3n) is 3.35. The SMILES string of the molecule is COc1cc(C)n(CCNS(=O)(=O)c2cc(Cl)ccc2Cl)c(=O)c1. The molecular weight excluding hydrogens is 375 g/mol. The van der Waals surface area contributed by atoms with Crippen LogP contribution in [-0.4, -0.2) is 26.6 Å². The zero-order valence-corrected chi connectivity index (χ0v) is 15.4. The van der Waals surface area contributed by atoms with E-state index in [4.69, 9.17) is 27.9 Å². The first-order chi connectivity index (χ1) is 11.2. The predicted molar refractivity (Wildman–Crippen MR) is 93.6 cm³/mol. The van der Waals surface area contributed by atoms with E-state index >= 15 is 0 Å². The molecule has 2 rings (SSSR count). The normalized spacial score (nSPS) is 11.5. The molecule has 1 N–H and O–H groups in total. The van der Waals surface area contributed by atoms with Crippen molar-refractivity contribution in [3.05, 3.63) is 56.4 Å². The first kappa shape index (κ1) is 18.8. The lowest BCUT2D eigenvalue weighted by Crippen LogP contribution is -2.31. The van der Waals surface area contributed by atoms with Crippen molar-refractivity contribution in [1.29, 1.82) is 0 Å². The lowest BCUT2D eigenvalue weighted by Gasteiger charge is -2.13. The number of aryl methyl sites for hydroxylation is 1. The number of nitrogens with one attached hydrogen (secondary N) is 1. The van der Waals surface area contributed by atoms with Crippen LogP contribution in [0, 0.1) is 6.92 Å². The quantitative estimate of drug-likeness (QED) is 0.821. The maximum absolute atomic E-state index is 12.3. The number of rotatable bonds is 6. The second kappa shape index (κ2) is 7.57. The van der Waals surface area contributed by atoms with Gasteiger partial charge < -0.3 is 9.30 Å². The first-order valence-corrected chi connectivity index (χ1v) is 9.18. The molecule has 0 spiro atoms. The maximum atomic E-state index is 12.3. The molecule has 130 valence electrons. The summed E-state index contributed by atoms with van der Waals surface area (Å²) in [7, 11) is -2.35. The third-order valence-corrected chi connectivity index (χ3v) is 5.53. The summed E-state index contributed by atoms with van der Waals surface area (Å²) in [6, 6.07) is 7.23. The van der Waals surface area contributed by atoms with E-state index in [0.717, 1.165) is 0 Å². The fourth-order valence-electron chi connectivity index (χ4n) is 2.16. The summed E-state index contributed by atoms with van der Waals surface area (Å²) in [6.07, 6.45) is 0. The summed E-state index contributed by atoms with van der Waals surface area (Å²) in [5.41, 5.74) is 0.395. The molecule has 0 saturated carbocycles. The van der Waals surface area contributed by atoms with Gasteiger partial charge in [-0.05, 0) is 31.2 Å². The van der Waals surface area contributed by atoms with Crippen LogP contribution in [0.3, 0.4) is 0 Å².